The minimum atomic E-state index is -2.58. The molecule has 0 radical (unpaired) electrons. The molecule has 426 valence electrons. The second-order valence-electron chi connectivity index (χ2n) is 28.2. The van der Waals surface area contributed by atoms with Gasteiger partial charge in [0.05, 0.1) is 23.9 Å². The van der Waals surface area contributed by atoms with E-state index in [1.807, 2.05) is 19.9 Å². The summed E-state index contributed by atoms with van der Waals surface area (Å²) < 4.78 is 45.7. The molecule has 9 atom stereocenters. The van der Waals surface area contributed by atoms with Gasteiger partial charge in [0.1, 0.15) is 6.10 Å². The molecule has 0 unspecified atom stereocenters. The van der Waals surface area contributed by atoms with E-state index in [4.69, 9.17) is 27.2 Å². The number of carbonyl (C=O) groups excluding carboxylic acids is 2. The molecule has 14 heteroatoms. The SMILES string of the molecule is C=[C](C[C@H](C)C[C@@H]1O[C@H]1/C=C/CC/C=C(\C)C(=O)O[C@@H](C)C[C@@H](C)[C@H](O[Si](C)(C)C(C)(C)C)[C@@H](O[Si](C)(C)C(C)(C)C)C(=O)C[C@H](C[C@@](C)(O[Si](C)(C)C(C)(C)C)/C(C)=C/I)O[Si](CC)(CC)CC)[Sn]([CH3])([CH3])[CH3]. The van der Waals surface area contributed by atoms with E-state index < -0.39 is 81.7 Å². The summed E-state index contributed by atoms with van der Waals surface area (Å²) in [6, 6.07) is 2.91. The van der Waals surface area contributed by atoms with Crippen LogP contribution in [0.1, 0.15) is 170 Å². The first-order chi connectivity index (χ1) is 32.9. The third kappa shape index (κ3) is 22.4. The van der Waals surface area contributed by atoms with Crippen LogP contribution in [0.2, 0.25) is 87.3 Å². The zero-order chi connectivity index (χ0) is 57.1. The van der Waals surface area contributed by atoms with Crippen molar-refractivity contribution in [1.29, 1.82) is 0 Å². The summed E-state index contributed by atoms with van der Waals surface area (Å²) in [5.74, 6) is 0.102. The van der Waals surface area contributed by atoms with Crippen LogP contribution >= 0.6 is 22.6 Å². The van der Waals surface area contributed by atoms with Crippen LogP contribution in [0.15, 0.2) is 43.6 Å². The molecule has 0 N–H and O–H groups in total. The van der Waals surface area contributed by atoms with Crippen molar-refractivity contribution in [2.24, 2.45) is 11.8 Å². The first-order valence-electron chi connectivity index (χ1n) is 28.3. The maximum absolute atomic E-state index is 15.8. The van der Waals surface area contributed by atoms with Gasteiger partial charge in [-0.1, -0.05) is 113 Å². The first kappa shape index (κ1) is 71.3. The number of hydrogen-bond donors (Lipinski definition) is 0. The topological polar surface area (TPSA) is 92.8 Å². The number of Topliss-reactive ketones (excluding diaryl/α,β-unsaturated/α-hetero) is 1. The standard InChI is InChI=1S/C56H106IO8Si4.3CH3.Sn/c1-26-33-41(5)36-49-48(61-49)35-32-30-31-34-42(6)52(59)60-45(9)37-43(7)50(63-66(20,21)53(10,11)12)51(64-67(22,23)54(13,14)15)47(58)38-46(62-69(27-2,28-3)29-4)39-56(19,44(8)40-57)65-68(24,25)55(16,17)18;;;;/h32,34-35,40-41,43,45-46,48-51H,1,27-31,33,36-39H2,2-25H3;3*1H3;/b35-32+,42-34+,44-40+;;;;/t41-,43+,45-,46+,48-,49-,50-,51-,56+;;;;/m0..../s1. The fraction of sp³-hybridized carbons (Fsp3) is 0.831. The molecule has 1 saturated heterocycles. The average molecular weight is 1310 g/mol. The summed E-state index contributed by atoms with van der Waals surface area (Å²) >= 11 is 0.284. The van der Waals surface area contributed by atoms with E-state index in [0.717, 1.165) is 49.4 Å². The van der Waals surface area contributed by atoms with Crippen molar-refractivity contribution >= 4 is 86.0 Å². The molecule has 0 aromatic carbocycles. The molecular formula is C59H115IO8Si4Sn. The van der Waals surface area contributed by atoms with Gasteiger partial charge in [-0.15, -0.1) is 0 Å². The summed E-state index contributed by atoms with van der Waals surface area (Å²) in [4.78, 5) is 36.8. The van der Waals surface area contributed by atoms with Crippen molar-refractivity contribution in [2.75, 3.05) is 0 Å². The molecule has 1 aliphatic heterocycles. The van der Waals surface area contributed by atoms with Crippen LogP contribution in [0.5, 0.6) is 0 Å². The van der Waals surface area contributed by atoms with Gasteiger partial charge in [0.15, 0.2) is 39.1 Å². The monoisotopic (exact) mass is 1310 g/mol. The minimum absolute atomic E-state index is 0.00951. The van der Waals surface area contributed by atoms with Gasteiger partial charge >= 0.3 is 129 Å². The second-order valence-corrected chi connectivity index (χ2v) is 62.7. The van der Waals surface area contributed by atoms with E-state index in [1.165, 1.54) is 3.59 Å². The number of carbonyl (C=O) groups is 2. The Labute approximate surface area is 473 Å². The summed E-state index contributed by atoms with van der Waals surface area (Å²) in [7, 11) is -9.59. The number of ether oxygens (including phenoxy) is 2. The predicted molar refractivity (Wildman–Crippen MR) is 336 cm³/mol. The molecular weight excluding hydrogens is 1190 g/mol. The number of allylic oxidation sites excluding steroid dienone is 3. The number of halogens is 1. The van der Waals surface area contributed by atoms with Crippen molar-refractivity contribution in [3.63, 3.8) is 0 Å². The number of epoxide rings is 1. The Morgan fingerprint density at radius 1 is 0.753 bits per heavy atom. The van der Waals surface area contributed by atoms with Crippen LogP contribution in [0.4, 0.5) is 0 Å². The molecule has 0 bridgehead atoms. The molecule has 1 aliphatic rings. The van der Waals surface area contributed by atoms with Gasteiger partial charge in [0.25, 0.3) is 0 Å². The van der Waals surface area contributed by atoms with Gasteiger partial charge in [-0.3, -0.25) is 4.79 Å². The van der Waals surface area contributed by atoms with Crippen LogP contribution < -0.4 is 0 Å². The van der Waals surface area contributed by atoms with Crippen molar-refractivity contribution in [1.82, 2.24) is 0 Å². The number of unbranched alkanes of at least 4 members (excludes halogenated alkanes) is 1. The van der Waals surface area contributed by atoms with Crippen molar-refractivity contribution in [3.05, 3.63) is 43.6 Å². The Balaban J connectivity index is 3.65. The molecule has 1 rings (SSSR count). The summed E-state index contributed by atoms with van der Waals surface area (Å²) in [6.45, 7) is 57.7. The Morgan fingerprint density at radius 3 is 1.73 bits per heavy atom. The number of esters is 1. The molecule has 0 aliphatic carbocycles. The molecule has 0 aromatic heterocycles. The number of rotatable bonds is 32. The third-order valence-corrected chi connectivity index (χ3v) is 43.5. The normalized spacial score (nSPS) is 20.5. The number of ketones is 1. The Hall–Kier alpha value is 0.296. The Morgan fingerprint density at radius 2 is 1.26 bits per heavy atom. The van der Waals surface area contributed by atoms with Gasteiger partial charge in [-0.25, -0.2) is 4.79 Å². The quantitative estimate of drug-likeness (QED) is 0.0125. The van der Waals surface area contributed by atoms with Gasteiger partial charge in [-0.2, -0.15) is 0 Å². The van der Waals surface area contributed by atoms with Gasteiger partial charge in [-0.05, 0) is 122 Å². The van der Waals surface area contributed by atoms with Crippen molar-refractivity contribution in [3.8, 4) is 0 Å². The van der Waals surface area contributed by atoms with Crippen LogP contribution in [-0.2, 0) is 36.8 Å². The van der Waals surface area contributed by atoms with E-state index in [2.05, 4.69) is 210 Å². The Bertz CT molecular complexity index is 1860. The van der Waals surface area contributed by atoms with Crippen LogP contribution in [-0.4, -0.2) is 106 Å². The van der Waals surface area contributed by atoms with E-state index in [9.17, 15) is 4.79 Å². The molecule has 73 heavy (non-hydrogen) atoms. The maximum atomic E-state index is 15.8. The first-order valence-corrected chi connectivity index (χ1v) is 50.8. The van der Waals surface area contributed by atoms with E-state index in [1.54, 1.807) is 0 Å². The summed E-state index contributed by atoms with van der Waals surface area (Å²) in [6.07, 6.45) is 9.61. The van der Waals surface area contributed by atoms with Crippen LogP contribution in [0.25, 0.3) is 0 Å². The predicted octanol–water partition coefficient (Wildman–Crippen LogP) is 18.5. The van der Waals surface area contributed by atoms with Crippen molar-refractivity contribution in [2.45, 2.75) is 299 Å². The zero-order valence-electron chi connectivity index (χ0n) is 52.4. The third-order valence-electron chi connectivity index (χ3n) is 17.7. The van der Waals surface area contributed by atoms with Gasteiger partial charge in [0, 0.05) is 12.8 Å². The fourth-order valence-electron chi connectivity index (χ4n) is 8.62. The van der Waals surface area contributed by atoms with E-state index in [-0.39, 0.29) is 45.3 Å². The van der Waals surface area contributed by atoms with Gasteiger partial charge in [0.2, 0.25) is 0 Å². The second kappa shape index (κ2) is 28.6. The molecule has 0 saturated carbocycles. The summed E-state index contributed by atoms with van der Waals surface area (Å²) in [5.41, 5.74) is 1.09. The fourth-order valence-corrected chi connectivity index (χ4v) is 19.2. The molecule has 0 aromatic rings. The molecule has 1 heterocycles. The van der Waals surface area contributed by atoms with Gasteiger partial charge < -0.3 is 22.4 Å². The van der Waals surface area contributed by atoms with E-state index >= 15 is 4.79 Å². The molecule has 0 spiro atoms. The average Bonchev–Trinajstić information content (AvgIpc) is 3.97. The molecule has 0 amide bonds. The van der Waals surface area contributed by atoms with Crippen molar-refractivity contribution < 1.29 is 36.8 Å². The van der Waals surface area contributed by atoms with E-state index in [0.29, 0.717) is 30.4 Å². The summed E-state index contributed by atoms with van der Waals surface area (Å²) in [5, 5.41) is -0.311. The zero-order valence-corrected chi connectivity index (χ0v) is 61.4. The molecule has 1 fully saturated rings. The van der Waals surface area contributed by atoms with Crippen LogP contribution in [0, 0.1) is 11.8 Å². The Kier molecular flexibility index (Phi) is 28.0. The molecule has 8 nitrogen and oxygen atoms in total. The van der Waals surface area contributed by atoms with Crippen LogP contribution in [0.3, 0.4) is 0 Å². The number of hydrogen-bond acceptors (Lipinski definition) is 8.